The van der Waals surface area contributed by atoms with Crippen molar-refractivity contribution < 1.29 is 34.1 Å². The van der Waals surface area contributed by atoms with Crippen molar-refractivity contribution in [3.63, 3.8) is 0 Å². The fourth-order valence-corrected chi connectivity index (χ4v) is 7.06. The van der Waals surface area contributed by atoms with Crippen LogP contribution in [0, 0.1) is 10.7 Å². The Labute approximate surface area is 218 Å². The van der Waals surface area contributed by atoms with E-state index < -0.39 is 47.9 Å². The SMILES string of the molecule is CC(=O)OC(C)C(=O)Nc1c(I)c(C(=O)Cl)c(I)c(C(=O)NC(C)(CO)CO)c1I. The lowest BCUT2D eigenvalue weighted by atomic mass is 10.0. The molecule has 13 heteroatoms. The van der Waals surface area contributed by atoms with E-state index in [0.717, 1.165) is 6.92 Å². The molecule has 1 aromatic rings. The highest BCUT2D eigenvalue weighted by Gasteiger charge is 2.32. The average molecular weight is 779 g/mol. The molecule has 166 valence electrons. The van der Waals surface area contributed by atoms with Gasteiger partial charge in [0.25, 0.3) is 17.1 Å². The molecule has 4 N–H and O–H groups in total. The number of aliphatic hydroxyl groups is 2. The monoisotopic (exact) mass is 778 g/mol. The van der Waals surface area contributed by atoms with Crippen molar-refractivity contribution in [3.05, 3.63) is 21.8 Å². The van der Waals surface area contributed by atoms with Crippen molar-refractivity contribution in [2.75, 3.05) is 18.5 Å². The first-order valence-electron chi connectivity index (χ1n) is 8.22. The molecule has 2 amide bonds. The Morgan fingerprint density at radius 3 is 2.00 bits per heavy atom. The first-order valence-corrected chi connectivity index (χ1v) is 11.8. The number of rotatable bonds is 8. The van der Waals surface area contributed by atoms with Gasteiger partial charge < -0.3 is 25.6 Å². The van der Waals surface area contributed by atoms with Gasteiger partial charge in [-0.2, -0.15) is 0 Å². The van der Waals surface area contributed by atoms with Crippen molar-refractivity contribution in [1.29, 1.82) is 0 Å². The van der Waals surface area contributed by atoms with Crippen molar-refractivity contribution in [1.82, 2.24) is 5.32 Å². The maximum absolute atomic E-state index is 12.9. The van der Waals surface area contributed by atoms with Gasteiger partial charge in [0.05, 0.1) is 42.7 Å². The fraction of sp³-hybridized carbons (Fsp3) is 0.412. The second kappa shape index (κ2) is 11.5. The van der Waals surface area contributed by atoms with Crippen LogP contribution in [0.15, 0.2) is 0 Å². The predicted octanol–water partition coefficient (Wildman–Crippen LogP) is 2.24. The van der Waals surface area contributed by atoms with Crippen molar-refractivity contribution in [2.24, 2.45) is 0 Å². The molecular formula is C17H18ClI3N2O7. The second-order valence-corrected chi connectivity index (χ2v) is 9.99. The number of nitrogens with one attached hydrogen (secondary N) is 2. The third-order valence-corrected chi connectivity index (χ3v) is 7.24. The van der Waals surface area contributed by atoms with Gasteiger partial charge >= 0.3 is 5.97 Å². The summed E-state index contributed by atoms with van der Waals surface area (Å²) in [6.45, 7) is 2.91. The van der Waals surface area contributed by atoms with E-state index in [1.165, 1.54) is 13.8 Å². The maximum atomic E-state index is 12.9. The van der Waals surface area contributed by atoms with E-state index in [0.29, 0.717) is 7.14 Å². The molecule has 1 rings (SSSR count). The highest BCUT2D eigenvalue weighted by atomic mass is 127. The molecule has 30 heavy (non-hydrogen) atoms. The second-order valence-electron chi connectivity index (χ2n) is 6.41. The smallest absolute Gasteiger partial charge is 0.303 e. The Bertz CT molecular complexity index is 891. The number of aliphatic hydroxyl groups excluding tert-OH is 2. The molecule has 0 saturated heterocycles. The Kier molecular flexibility index (Phi) is 10.7. The number of ether oxygens (including phenoxy) is 1. The molecule has 0 radical (unpaired) electrons. The van der Waals surface area contributed by atoms with Crippen LogP contribution in [0.4, 0.5) is 5.69 Å². The van der Waals surface area contributed by atoms with Crippen LogP contribution in [0.1, 0.15) is 41.5 Å². The quantitative estimate of drug-likeness (QED) is 0.180. The molecule has 1 atom stereocenters. The molecular weight excluding hydrogens is 760 g/mol. The zero-order valence-corrected chi connectivity index (χ0v) is 23.2. The van der Waals surface area contributed by atoms with Crippen LogP contribution in [-0.4, -0.2) is 58.1 Å². The molecule has 0 saturated carbocycles. The molecule has 0 heterocycles. The van der Waals surface area contributed by atoms with E-state index >= 15 is 0 Å². The Morgan fingerprint density at radius 1 is 1.07 bits per heavy atom. The van der Waals surface area contributed by atoms with Crippen LogP contribution in [-0.2, 0) is 14.3 Å². The number of benzene rings is 1. The number of halogens is 4. The summed E-state index contributed by atoms with van der Waals surface area (Å²) in [6, 6.07) is 0. The van der Waals surface area contributed by atoms with E-state index in [9.17, 15) is 29.4 Å². The van der Waals surface area contributed by atoms with Crippen molar-refractivity contribution >= 4 is 108 Å². The van der Waals surface area contributed by atoms with Crippen LogP contribution in [0.5, 0.6) is 0 Å². The lowest BCUT2D eigenvalue weighted by molar-refractivity contribution is -0.150. The molecule has 0 bridgehead atoms. The van der Waals surface area contributed by atoms with Crippen LogP contribution < -0.4 is 10.6 Å². The molecule has 0 aliphatic carbocycles. The van der Waals surface area contributed by atoms with Crippen LogP contribution >= 0.6 is 79.4 Å². The maximum Gasteiger partial charge on any atom is 0.303 e. The van der Waals surface area contributed by atoms with E-state index in [2.05, 4.69) is 10.6 Å². The van der Waals surface area contributed by atoms with Gasteiger partial charge in [0.2, 0.25) is 0 Å². The average Bonchev–Trinajstić information content (AvgIpc) is 2.63. The zero-order valence-electron chi connectivity index (χ0n) is 15.9. The number of hydrogen-bond donors (Lipinski definition) is 4. The van der Waals surface area contributed by atoms with E-state index in [1.807, 2.05) is 45.2 Å². The van der Waals surface area contributed by atoms with Crippen molar-refractivity contribution in [2.45, 2.75) is 32.4 Å². The normalized spacial score (nSPS) is 12.2. The lowest BCUT2D eigenvalue weighted by Crippen LogP contribution is -2.52. The number of hydrogen-bond acceptors (Lipinski definition) is 7. The van der Waals surface area contributed by atoms with Gasteiger partial charge in [-0.15, -0.1) is 0 Å². The summed E-state index contributed by atoms with van der Waals surface area (Å²) in [7, 11) is 0. The van der Waals surface area contributed by atoms with Gasteiger partial charge in [-0.3, -0.25) is 19.2 Å². The molecule has 0 aromatic heterocycles. The summed E-state index contributed by atoms with van der Waals surface area (Å²) in [6.07, 6.45) is -1.12. The molecule has 0 fully saturated rings. The summed E-state index contributed by atoms with van der Waals surface area (Å²) in [5.41, 5.74) is -1.13. The number of carbonyl (C=O) groups excluding carboxylic acids is 4. The lowest BCUT2D eigenvalue weighted by Gasteiger charge is -2.27. The molecule has 1 aromatic carbocycles. The summed E-state index contributed by atoms with van der Waals surface area (Å²) in [4.78, 5) is 48.5. The van der Waals surface area contributed by atoms with Crippen LogP contribution in [0.2, 0.25) is 0 Å². The summed E-state index contributed by atoms with van der Waals surface area (Å²) >= 11 is 11.2. The third kappa shape index (κ3) is 6.60. The van der Waals surface area contributed by atoms with E-state index in [4.69, 9.17) is 16.3 Å². The van der Waals surface area contributed by atoms with Gasteiger partial charge in [0.1, 0.15) is 0 Å². The summed E-state index contributed by atoms with van der Waals surface area (Å²) in [5, 5.41) is 23.2. The molecule has 1 unspecified atom stereocenters. The number of carbonyl (C=O) groups is 4. The highest BCUT2D eigenvalue weighted by Crippen LogP contribution is 2.36. The van der Waals surface area contributed by atoms with Crippen LogP contribution in [0.25, 0.3) is 0 Å². The van der Waals surface area contributed by atoms with Gasteiger partial charge in [0.15, 0.2) is 6.10 Å². The van der Waals surface area contributed by atoms with E-state index in [1.54, 1.807) is 22.6 Å². The van der Waals surface area contributed by atoms with Gasteiger partial charge in [-0.1, -0.05) is 0 Å². The number of anilines is 1. The standard InChI is InChI=1S/C17H18ClI3N2O7/c1-6(30-7(2)26)15(28)22-13-11(20)8(14(18)27)10(19)9(12(13)21)16(29)23-17(3,4-24)5-25/h6,24-25H,4-5H2,1-3H3,(H,22,28)(H,23,29). The van der Waals surface area contributed by atoms with Crippen LogP contribution in [0.3, 0.4) is 0 Å². The Balaban J connectivity index is 3.57. The van der Waals surface area contributed by atoms with E-state index in [-0.39, 0.29) is 20.4 Å². The minimum Gasteiger partial charge on any atom is -0.453 e. The Hall–Kier alpha value is -0.300. The molecule has 0 aliphatic heterocycles. The minimum absolute atomic E-state index is 0.00794. The largest absolute Gasteiger partial charge is 0.453 e. The zero-order chi connectivity index (χ0) is 23.4. The highest BCUT2D eigenvalue weighted by molar-refractivity contribution is 14.1. The Morgan fingerprint density at radius 2 is 1.57 bits per heavy atom. The van der Waals surface area contributed by atoms with Gasteiger partial charge in [-0.05, 0) is 93.2 Å². The third-order valence-electron chi connectivity index (χ3n) is 3.81. The number of amides is 2. The fourth-order valence-electron chi connectivity index (χ4n) is 2.14. The molecule has 9 nitrogen and oxygen atoms in total. The number of esters is 1. The molecule has 0 spiro atoms. The first-order chi connectivity index (χ1) is 13.8. The van der Waals surface area contributed by atoms with Gasteiger partial charge in [-0.25, -0.2) is 0 Å². The molecule has 0 aliphatic rings. The topological polar surface area (TPSA) is 142 Å². The first kappa shape index (κ1) is 27.7. The summed E-state index contributed by atoms with van der Waals surface area (Å²) in [5.74, 6) is -2.00. The van der Waals surface area contributed by atoms with Crippen molar-refractivity contribution in [3.8, 4) is 0 Å². The predicted molar refractivity (Wildman–Crippen MR) is 135 cm³/mol. The minimum atomic E-state index is -1.31. The summed E-state index contributed by atoms with van der Waals surface area (Å²) < 4.78 is 5.68. The van der Waals surface area contributed by atoms with Gasteiger partial charge in [0, 0.05) is 10.5 Å².